The van der Waals surface area contributed by atoms with Crippen LogP contribution < -0.4 is 5.32 Å². The second-order valence-corrected chi connectivity index (χ2v) is 4.36. The second-order valence-electron chi connectivity index (χ2n) is 4.36. The summed E-state index contributed by atoms with van der Waals surface area (Å²) in [6.07, 6.45) is 3.50. The molecule has 0 aliphatic carbocycles. The third kappa shape index (κ3) is 2.13. The van der Waals surface area contributed by atoms with Crippen LogP contribution in [0.25, 0.3) is 0 Å². The Balaban J connectivity index is 1.87. The van der Waals surface area contributed by atoms with E-state index in [9.17, 15) is 4.79 Å². The number of carbonyl (C=O) groups excluding carboxylic acids is 1. The van der Waals surface area contributed by atoms with Crippen molar-refractivity contribution in [2.24, 2.45) is 5.92 Å². The van der Waals surface area contributed by atoms with E-state index >= 15 is 0 Å². The molecule has 82 valence electrons. The van der Waals surface area contributed by atoms with E-state index in [4.69, 9.17) is 5.26 Å². The van der Waals surface area contributed by atoms with Gasteiger partial charge in [0.15, 0.2) is 0 Å². The predicted molar refractivity (Wildman–Crippen MR) is 55.9 cm³/mol. The lowest BCUT2D eigenvalue weighted by Crippen LogP contribution is -2.41. The van der Waals surface area contributed by atoms with Gasteiger partial charge in [0.05, 0.1) is 12.0 Å². The fraction of sp³-hybridized carbons (Fsp3) is 0.818. The Labute approximate surface area is 90.2 Å². The summed E-state index contributed by atoms with van der Waals surface area (Å²) in [5.41, 5.74) is 0. The Morgan fingerprint density at radius 2 is 2.47 bits per heavy atom. The molecule has 15 heavy (non-hydrogen) atoms. The van der Waals surface area contributed by atoms with Gasteiger partial charge in [-0.15, -0.1) is 0 Å². The van der Waals surface area contributed by atoms with Crippen LogP contribution in [0, 0.1) is 17.2 Å². The normalized spacial score (nSPS) is 30.1. The molecule has 0 aromatic heterocycles. The average Bonchev–Trinajstić information content (AvgIpc) is 2.57. The van der Waals surface area contributed by atoms with Gasteiger partial charge in [0.1, 0.15) is 0 Å². The quantitative estimate of drug-likeness (QED) is 0.686. The summed E-state index contributed by atoms with van der Waals surface area (Å²) >= 11 is 0. The van der Waals surface area contributed by atoms with Crippen LogP contribution in [0.3, 0.4) is 0 Å². The third-order valence-electron chi connectivity index (χ3n) is 3.35. The maximum atomic E-state index is 11.9. The number of likely N-dealkylation sites (tertiary alicyclic amines) is 1. The van der Waals surface area contributed by atoms with Gasteiger partial charge in [-0.2, -0.15) is 5.26 Å². The van der Waals surface area contributed by atoms with E-state index < -0.39 is 0 Å². The van der Waals surface area contributed by atoms with Crippen LogP contribution in [0.5, 0.6) is 0 Å². The van der Waals surface area contributed by atoms with Crippen molar-refractivity contribution >= 4 is 5.91 Å². The molecule has 0 aromatic carbocycles. The van der Waals surface area contributed by atoms with E-state index in [0.29, 0.717) is 18.4 Å². The lowest BCUT2D eigenvalue weighted by Gasteiger charge is -2.23. The smallest absolute Gasteiger partial charge is 0.227 e. The van der Waals surface area contributed by atoms with Crippen molar-refractivity contribution in [2.75, 3.05) is 19.6 Å². The standard InChI is InChI=1S/C11H17N3O/c12-5-1-2-7-14-8-10-9(11(14)15)4-3-6-13-10/h9-10,13H,1-4,6-8H2. The number of nitriles is 1. The van der Waals surface area contributed by atoms with Crippen molar-refractivity contribution in [3.63, 3.8) is 0 Å². The molecule has 0 spiro atoms. The fourth-order valence-corrected chi connectivity index (χ4v) is 2.55. The van der Waals surface area contributed by atoms with Gasteiger partial charge >= 0.3 is 0 Å². The summed E-state index contributed by atoms with van der Waals surface area (Å²) in [6, 6.07) is 2.48. The van der Waals surface area contributed by atoms with E-state index in [-0.39, 0.29) is 5.92 Å². The lowest BCUT2D eigenvalue weighted by atomic mass is 9.94. The fourth-order valence-electron chi connectivity index (χ4n) is 2.55. The van der Waals surface area contributed by atoms with E-state index in [1.807, 2.05) is 4.90 Å². The molecule has 2 fully saturated rings. The highest BCUT2D eigenvalue weighted by atomic mass is 16.2. The molecule has 2 saturated heterocycles. The molecular weight excluding hydrogens is 190 g/mol. The van der Waals surface area contributed by atoms with Crippen LogP contribution in [0.15, 0.2) is 0 Å². The number of fused-ring (bicyclic) bond motifs is 1. The zero-order valence-electron chi connectivity index (χ0n) is 8.91. The van der Waals surface area contributed by atoms with Crippen molar-refractivity contribution in [3.05, 3.63) is 0 Å². The van der Waals surface area contributed by atoms with Crippen molar-refractivity contribution in [2.45, 2.75) is 31.7 Å². The summed E-state index contributed by atoms with van der Waals surface area (Å²) in [6.45, 7) is 2.64. The number of hydrogen-bond acceptors (Lipinski definition) is 3. The van der Waals surface area contributed by atoms with E-state index in [0.717, 1.165) is 38.9 Å². The third-order valence-corrected chi connectivity index (χ3v) is 3.35. The van der Waals surface area contributed by atoms with E-state index in [1.165, 1.54) is 0 Å². The molecule has 0 saturated carbocycles. The van der Waals surface area contributed by atoms with Gasteiger partial charge in [-0.25, -0.2) is 0 Å². The van der Waals surface area contributed by atoms with Crippen LogP contribution in [-0.4, -0.2) is 36.5 Å². The van der Waals surface area contributed by atoms with Crippen molar-refractivity contribution in [1.29, 1.82) is 5.26 Å². The van der Waals surface area contributed by atoms with Gasteiger partial charge < -0.3 is 10.2 Å². The summed E-state index contributed by atoms with van der Waals surface area (Å²) in [4.78, 5) is 13.9. The van der Waals surface area contributed by atoms with Crippen LogP contribution in [0.2, 0.25) is 0 Å². The Morgan fingerprint density at radius 1 is 1.60 bits per heavy atom. The molecule has 2 aliphatic heterocycles. The first-order chi connectivity index (χ1) is 7.33. The van der Waals surface area contributed by atoms with Gasteiger partial charge in [-0.05, 0) is 25.8 Å². The van der Waals surface area contributed by atoms with Gasteiger partial charge in [0.25, 0.3) is 0 Å². The van der Waals surface area contributed by atoms with Crippen LogP contribution in [0.4, 0.5) is 0 Å². The number of rotatable bonds is 3. The van der Waals surface area contributed by atoms with Crippen molar-refractivity contribution in [1.82, 2.24) is 10.2 Å². The van der Waals surface area contributed by atoms with Crippen LogP contribution in [-0.2, 0) is 4.79 Å². The van der Waals surface area contributed by atoms with E-state index in [1.54, 1.807) is 0 Å². The predicted octanol–water partition coefficient (Wildman–Crippen LogP) is 0.501. The van der Waals surface area contributed by atoms with Gasteiger partial charge in [-0.3, -0.25) is 4.79 Å². The molecule has 1 N–H and O–H groups in total. The molecule has 1 amide bonds. The summed E-state index contributed by atoms with van der Waals surface area (Å²) in [5.74, 6) is 0.506. The maximum Gasteiger partial charge on any atom is 0.227 e. The topological polar surface area (TPSA) is 56.1 Å². The number of hydrogen-bond donors (Lipinski definition) is 1. The summed E-state index contributed by atoms with van der Waals surface area (Å²) < 4.78 is 0. The number of nitrogens with zero attached hydrogens (tertiary/aromatic N) is 2. The second kappa shape index (κ2) is 4.63. The zero-order chi connectivity index (χ0) is 10.7. The Bertz CT molecular complexity index is 284. The molecule has 2 atom stereocenters. The molecule has 4 heteroatoms. The maximum absolute atomic E-state index is 11.9. The van der Waals surface area contributed by atoms with Crippen molar-refractivity contribution < 1.29 is 4.79 Å². The van der Waals surface area contributed by atoms with E-state index in [2.05, 4.69) is 11.4 Å². The minimum absolute atomic E-state index is 0.209. The summed E-state index contributed by atoms with van der Waals surface area (Å²) in [5, 5.41) is 11.9. The van der Waals surface area contributed by atoms with Gasteiger partial charge in [0, 0.05) is 25.6 Å². The molecule has 0 radical (unpaired) electrons. The highest BCUT2D eigenvalue weighted by molar-refractivity contribution is 5.82. The molecule has 0 bridgehead atoms. The van der Waals surface area contributed by atoms with Crippen LogP contribution >= 0.6 is 0 Å². The van der Waals surface area contributed by atoms with Gasteiger partial charge in [0.2, 0.25) is 5.91 Å². The molecule has 2 aliphatic rings. The first-order valence-corrected chi connectivity index (χ1v) is 5.72. The number of amides is 1. The van der Waals surface area contributed by atoms with Crippen LogP contribution in [0.1, 0.15) is 25.7 Å². The van der Waals surface area contributed by atoms with Crippen molar-refractivity contribution in [3.8, 4) is 6.07 Å². The van der Waals surface area contributed by atoms with Gasteiger partial charge in [-0.1, -0.05) is 0 Å². The Kier molecular flexibility index (Phi) is 3.22. The SMILES string of the molecule is N#CCCCN1CC2NCCCC2C1=O. The molecular formula is C11H17N3O. The minimum atomic E-state index is 0.209. The monoisotopic (exact) mass is 207 g/mol. The number of nitrogens with one attached hydrogen (secondary N) is 1. The Morgan fingerprint density at radius 3 is 3.20 bits per heavy atom. The average molecular weight is 207 g/mol. The molecule has 2 heterocycles. The first-order valence-electron chi connectivity index (χ1n) is 5.72. The molecule has 2 unspecified atom stereocenters. The number of piperidine rings is 1. The lowest BCUT2D eigenvalue weighted by molar-refractivity contribution is -0.131. The highest BCUT2D eigenvalue weighted by Crippen LogP contribution is 2.26. The highest BCUT2D eigenvalue weighted by Gasteiger charge is 2.40. The first kappa shape index (κ1) is 10.4. The number of carbonyl (C=O) groups is 1. The molecule has 2 rings (SSSR count). The molecule has 0 aromatic rings. The Hall–Kier alpha value is -1.08. The zero-order valence-corrected chi connectivity index (χ0v) is 8.91. The largest absolute Gasteiger partial charge is 0.341 e. The summed E-state index contributed by atoms with van der Waals surface area (Å²) in [7, 11) is 0. The number of unbranched alkanes of at least 4 members (excludes halogenated alkanes) is 1. The minimum Gasteiger partial charge on any atom is -0.341 e. The molecule has 4 nitrogen and oxygen atoms in total.